The van der Waals surface area contributed by atoms with Crippen LogP contribution in [-0.4, -0.2) is 39.2 Å². The molecule has 2 aromatic heterocycles. The lowest BCUT2D eigenvalue weighted by Gasteiger charge is -2.05. The zero-order valence-corrected chi connectivity index (χ0v) is 19.7. The van der Waals surface area contributed by atoms with Gasteiger partial charge in [-0.3, -0.25) is 19.1 Å². The second-order valence-electron chi connectivity index (χ2n) is 7.19. The van der Waals surface area contributed by atoms with Crippen molar-refractivity contribution < 1.29 is 35.5 Å². The van der Waals surface area contributed by atoms with Gasteiger partial charge in [0.05, 0.1) is 17.2 Å². The van der Waals surface area contributed by atoms with Gasteiger partial charge in [0.15, 0.2) is 10.7 Å². The topological polar surface area (TPSA) is 173 Å². The lowest BCUT2D eigenvalue weighted by molar-refractivity contribution is -0.384. The van der Waals surface area contributed by atoms with Crippen molar-refractivity contribution in [1.29, 1.82) is 0 Å². The number of hydrogen-bond donors (Lipinski definition) is 1. The summed E-state index contributed by atoms with van der Waals surface area (Å²) in [6, 6.07) is 12.3. The van der Waals surface area contributed by atoms with E-state index in [-0.39, 0.29) is 16.9 Å². The molecule has 0 bridgehead atoms. The van der Waals surface area contributed by atoms with E-state index in [1.165, 1.54) is 36.4 Å². The van der Waals surface area contributed by atoms with Crippen LogP contribution < -0.4 is 5.73 Å². The monoisotopic (exact) mass is 554 g/mol. The standard InChI is InChI=1S/C20H13F3N6O6S2/c21-20(22,23)16-14(17(24)30)15(28(27-16)12-4-2-1-3-5-12)18-25-26-19(36-18)37(33,34)35-10-11-6-8-13(9-7-11)29(31)32/h1-9H,10H2,(H2,24,30). The van der Waals surface area contributed by atoms with Crippen molar-refractivity contribution in [3.63, 3.8) is 0 Å². The molecule has 12 nitrogen and oxygen atoms in total. The molecular weight excluding hydrogens is 541 g/mol. The summed E-state index contributed by atoms with van der Waals surface area (Å²) in [5.74, 6) is -1.46. The molecule has 2 N–H and O–H groups in total. The van der Waals surface area contributed by atoms with Crippen LogP contribution in [0, 0.1) is 10.1 Å². The van der Waals surface area contributed by atoms with Crippen LogP contribution in [0.5, 0.6) is 0 Å². The number of nitrogens with two attached hydrogens (primary N) is 1. The quantitative estimate of drug-likeness (QED) is 0.195. The van der Waals surface area contributed by atoms with Crippen LogP contribution in [0.4, 0.5) is 18.9 Å². The highest BCUT2D eigenvalue weighted by molar-refractivity contribution is 7.88. The molecule has 0 unspecified atom stereocenters. The number of nitro benzene ring substituents is 1. The number of nitrogens with zero attached hydrogens (tertiary/aromatic N) is 5. The smallest absolute Gasteiger partial charge is 0.365 e. The number of alkyl halides is 3. The number of primary amides is 1. The summed E-state index contributed by atoms with van der Waals surface area (Å²) in [4.78, 5) is 22.2. The van der Waals surface area contributed by atoms with Gasteiger partial charge in [-0.1, -0.05) is 29.5 Å². The fourth-order valence-corrected chi connectivity index (χ4v) is 5.06. The molecule has 0 aliphatic carbocycles. The Labute approximate surface area is 209 Å². The van der Waals surface area contributed by atoms with E-state index in [9.17, 15) is 36.5 Å². The Balaban J connectivity index is 1.73. The van der Waals surface area contributed by atoms with Crippen LogP contribution in [0.1, 0.15) is 21.6 Å². The second-order valence-corrected chi connectivity index (χ2v) is 9.96. The van der Waals surface area contributed by atoms with Crippen molar-refractivity contribution >= 4 is 33.0 Å². The van der Waals surface area contributed by atoms with Crippen molar-refractivity contribution in [3.05, 3.63) is 81.5 Å². The van der Waals surface area contributed by atoms with E-state index in [4.69, 9.17) is 9.92 Å². The molecule has 4 rings (SSSR count). The Bertz CT molecular complexity index is 1580. The van der Waals surface area contributed by atoms with Crippen molar-refractivity contribution in [2.45, 2.75) is 17.1 Å². The zero-order valence-electron chi connectivity index (χ0n) is 18.1. The number of amides is 1. The number of nitro groups is 1. The molecule has 2 heterocycles. The van der Waals surface area contributed by atoms with E-state index in [1.54, 1.807) is 6.07 Å². The maximum Gasteiger partial charge on any atom is 0.436 e. The zero-order chi connectivity index (χ0) is 27.0. The van der Waals surface area contributed by atoms with Gasteiger partial charge in [0.2, 0.25) is 0 Å². The number of aromatic nitrogens is 4. The van der Waals surface area contributed by atoms with Gasteiger partial charge in [0.1, 0.15) is 11.3 Å². The van der Waals surface area contributed by atoms with Crippen LogP contribution in [0.15, 0.2) is 58.9 Å². The minimum Gasteiger partial charge on any atom is -0.365 e. The van der Waals surface area contributed by atoms with Gasteiger partial charge >= 0.3 is 16.3 Å². The van der Waals surface area contributed by atoms with E-state index in [1.807, 2.05) is 0 Å². The van der Waals surface area contributed by atoms with E-state index in [0.717, 1.165) is 16.8 Å². The Kier molecular flexibility index (Phi) is 6.76. The van der Waals surface area contributed by atoms with Crippen molar-refractivity contribution in [2.24, 2.45) is 5.73 Å². The summed E-state index contributed by atoms with van der Waals surface area (Å²) in [6.45, 7) is -0.512. The highest BCUT2D eigenvalue weighted by Gasteiger charge is 2.42. The molecule has 0 aliphatic rings. The molecule has 0 aliphatic heterocycles. The van der Waals surface area contributed by atoms with Crippen LogP contribution in [0.25, 0.3) is 16.4 Å². The number of carbonyl (C=O) groups is 1. The fraction of sp³-hybridized carbons (Fsp3) is 0.100. The summed E-state index contributed by atoms with van der Waals surface area (Å²) >= 11 is 0.338. The molecule has 0 atom stereocenters. The van der Waals surface area contributed by atoms with E-state index in [2.05, 4.69) is 15.3 Å². The molecule has 192 valence electrons. The molecule has 0 spiro atoms. The molecule has 0 saturated heterocycles. The first kappa shape index (κ1) is 25.9. The van der Waals surface area contributed by atoms with Gasteiger partial charge in [-0.25, -0.2) is 4.68 Å². The van der Waals surface area contributed by atoms with Gasteiger partial charge in [0, 0.05) is 12.1 Å². The first-order chi connectivity index (χ1) is 17.4. The third kappa shape index (κ3) is 5.32. The number of non-ortho nitro benzene ring substituents is 1. The van der Waals surface area contributed by atoms with Crippen molar-refractivity contribution in [2.75, 3.05) is 0 Å². The molecule has 2 aromatic carbocycles. The van der Waals surface area contributed by atoms with E-state index in [0.29, 0.717) is 11.3 Å². The molecule has 4 aromatic rings. The number of carbonyl (C=O) groups excluding carboxylic acids is 1. The Morgan fingerprint density at radius 2 is 1.76 bits per heavy atom. The predicted molar refractivity (Wildman–Crippen MR) is 121 cm³/mol. The van der Waals surface area contributed by atoms with Crippen LogP contribution in [-0.2, 0) is 27.1 Å². The Hall–Kier alpha value is -4.22. The first-order valence-corrected chi connectivity index (χ1v) is 12.1. The lowest BCUT2D eigenvalue weighted by atomic mass is 10.1. The highest BCUT2D eigenvalue weighted by Crippen LogP contribution is 2.39. The van der Waals surface area contributed by atoms with Gasteiger partial charge in [0.25, 0.3) is 15.9 Å². The number of rotatable bonds is 8. The minimum atomic E-state index is -5.06. The Morgan fingerprint density at radius 1 is 1.11 bits per heavy atom. The molecule has 0 radical (unpaired) electrons. The molecule has 1 amide bonds. The fourth-order valence-electron chi connectivity index (χ4n) is 3.12. The number of para-hydroxylation sites is 1. The second kappa shape index (κ2) is 9.68. The summed E-state index contributed by atoms with van der Waals surface area (Å²) in [7, 11) is -4.56. The predicted octanol–water partition coefficient (Wildman–Crippen LogP) is 3.32. The van der Waals surface area contributed by atoms with E-state index >= 15 is 0 Å². The third-order valence-corrected chi connectivity index (χ3v) is 7.28. The van der Waals surface area contributed by atoms with Crippen LogP contribution in [0.2, 0.25) is 0 Å². The minimum absolute atomic E-state index is 0.115. The third-order valence-electron chi connectivity index (χ3n) is 4.75. The van der Waals surface area contributed by atoms with Gasteiger partial charge in [-0.15, -0.1) is 10.2 Å². The lowest BCUT2D eigenvalue weighted by Crippen LogP contribution is -2.18. The molecule has 37 heavy (non-hydrogen) atoms. The van der Waals surface area contributed by atoms with E-state index < -0.39 is 60.0 Å². The number of benzene rings is 2. The van der Waals surface area contributed by atoms with Crippen molar-refractivity contribution in [3.8, 4) is 16.4 Å². The molecule has 17 heteroatoms. The average molecular weight is 554 g/mol. The maximum absolute atomic E-state index is 13.7. The summed E-state index contributed by atoms with van der Waals surface area (Å²) < 4.78 is 71.3. The summed E-state index contributed by atoms with van der Waals surface area (Å²) in [5, 5.41) is 21.0. The molecular formula is C20H13F3N6O6S2. The van der Waals surface area contributed by atoms with Crippen LogP contribution in [0.3, 0.4) is 0 Å². The largest absolute Gasteiger partial charge is 0.436 e. The molecule has 0 saturated carbocycles. The number of halogens is 3. The van der Waals surface area contributed by atoms with Crippen LogP contribution >= 0.6 is 11.3 Å². The highest BCUT2D eigenvalue weighted by atomic mass is 32.3. The van der Waals surface area contributed by atoms with Gasteiger partial charge in [-0.05, 0) is 29.8 Å². The SMILES string of the molecule is NC(=O)c1c(C(F)(F)F)nn(-c2ccccc2)c1-c1nnc(S(=O)(=O)OCc2ccc([N+](=O)[O-])cc2)s1. The Morgan fingerprint density at radius 3 is 2.32 bits per heavy atom. The number of hydrogen-bond acceptors (Lipinski definition) is 10. The molecule has 0 fully saturated rings. The maximum atomic E-state index is 13.7. The van der Waals surface area contributed by atoms with Gasteiger partial charge in [-0.2, -0.15) is 26.7 Å². The summed E-state index contributed by atoms with van der Waals surface area (Å²) in [6.07, 6.45) is -5.06. The summed E-state index contributed by atoms with van der Waals surface area (Å²) in [5.41, 5.74) is 2.36. The van der Waals surface area contributed by atoms with Crippen molar-refractivity contribution in [1.82, 2.24) is 20.0 Å². The first-order valence-electron chi connectivity index (χ1n) is 9.90. The van der Waals surface area contributed by atoms with Gasteiger partial charge < -0.3 is 5.73 Å². The average Bonchev–Trinajstić information content (AvgIpc) is 3.49. The normalized spacial score (nSPS) is 12.0.